The van der Waals surface area contributed by atoms with Crippen LogP contribution in [0.15, 0.2) is 54.6 Å². The average molecular weight is 612 g/mol. The molecule has 2 saturated heterocycles. The standard InChI is InChI=1S/C32H29ClF3N3O4/c1-31(2,3)14-25-32(20-8-6-17(33)12-23(20)37-30(32)42)26(19-13-18(34)7-9-21(19)35)27-28(40)38(15-39(25)27)24-10-5-16(11-22(24)36)29(41)43-4/h5-13,25-27H,14-15H2,1-4H3,(H,37,42)/t25?,26?,27-,32?/m1/s1. The van der Waals surface area contributed by atoms with Crippen molar-refractivity contribution in [2.75, 3.05) is 24.0 Å². The van der Waals surface area contributed by atoms with Gasteiger partial charge in [-0.1, -0.05) is 38.4 Å². The molecule has 11 heteroatoms. The molecular weight excluding hydrogens is 583 g/mol. The van der Waals surface area contributed by atoms with Crippen molar-refractivity contribution in [1.29, 1.82) is 0 Å². The fourth-order valence-corrected chi connectivity index (χ4v) is 7.30. The molecule has 3 aromatic rings. The highest BCUT2D eigenvalue weighted by atomic mass is 35.5. The zero-order valence-electron chi connectivity index (χ0n) is 23.9. The molecule has 3 unspecified atom stereocenters. The zero-order chi connectivity index (χ0) is 31.0. The van der Waals surface area contributed by atoms with Crippen LogP contribution in [0.4, 0.5) is 24.5 Å². The van der Waals surface area contributed by atoms with Gasteiger partial charge < -0.3 is 10.1 Å². The van der Waals surface area contributed by atoms with Crippen LogP contribution in [0.5, 0.6) is 0 Å². The third kappa shape index (κ3) is 4.41. The van der Waals surface area contributed by atoms with Crippen molar-refractivity contribution in [3.8, 4) is 0 Å². The number of nitrogens with one attached hydrogen (secondary N) is 1. The molecule has 3 aliphatic heterocycles. The maximum atomic E-state index is 15.7. The van der Waals surface area contributed by atoms with Gasteiger partial charge in [0, 0.05) is 22.7 Å². The van der Waals surface area contributed by atoms with Crippen LogP contribution in [0.3, 0.4) is 0 Å². The van der Waals surface area contributed by atoms with E-state index in [0.717, 1.165) is 24.3 Å². The topological polar surface area (TPSA) is 79.0 Å². The van der Waals surface area contributed by atoms with E-state index in [2.05, 4.69) is 10.1 Å². The lowest BCUT2D eigenvalue weighted by atomic mass is 9.62. The molecule has 0 saturated carbocycles. The van der Waals surface area contributed by atoms with E-state index in [4.69, 9.17) is 11.6 Å². The van der Waals surface area contributed by atoms with Crippen LogP contribution in [0.25, 0.3) is 0 Å². The highest BCUT2D eigenvalue weighted by molar-refractivity contribution is 6.31. The van der Waals surface area contributed by atoms with E-state index in [1.807, 2.05) is 20.8 Å². The molecule has 3 heterocycles. The fourth-order valence-electron chi connectivity index (χ4n) is 7.13. The SMILES string of the molecule is COC(=O)c1ccc(N2CN3C(CC(C)(C)C)C4(C(=O)Nc5cc(Cl)ccc54)C(c4cc(F)ccc4F)[C@@H]3C2=O)c(F)c1. The van der Waals surface area contributed by atoms with E-state index in [9.17, 15) is 18.8 Å². The van der Waals surface area contributed by atoms with Gasteiger partial charge in [0.1, 0.15) is 22.9 Å². The minimum Gasteiger partial charge on any atom is -0.465 e. The summed E-state index contributed by atoms with van der Waals surface area (Å²) in [6.07, 6.45) is 0.386. The Morgan fingerprint density at radius 3 is 2.47 bits per heavy atom. The Morgan fingerprint density at radius 1 is 1.05 bits per heavy atom. The smallest absolute Gasteiger partial charge is 0.337 e. The molecular formula is C32H29ClF3N3O4. The number of halogens is 4. The number of carbonyl (C=O) groups excluding carboxylic acids is 3. The fraction of sp³-hybridized carbons (Fsp3) is 0.344. The first-order chi connectivity index (χ1) is 20.3. The first kappa shape index (κ1) is 29.2. The van der Waals surface area contributed by atoms with E-state index >= 15 is 8.78 Å². The van der Waals surface area contributed by atoms with E-state index in [0.29, 0.717) is 22.7 Å². The van der Waals surface area contributed by atoms with Crippen molar-refractivity contribution in [3.05, 3.63) is 93.8 Å². The van der Waals surface area contributed by atoms with E-state index in [-0.39, 0.29) is 28.9 Å². The number of methoxy groups -OCH3 is 1. The van der Waals surface area contributed by atoms with Crippen LogP contribution in [-0.2, 0) is 19.7 Å². The first-order valence-corrected chi connectivity index (χ1v) is 14.2. The molecule has 0 aromatic heterocycles. The number of amides is 2. The minimum absolute atomic E-state index is 0.0296. The third-order valence-corrected chi connectivity index (χ3v) is 8.96. The van der Waals surface area contributed by atoms with Crippen molar-refractivity contribution < 1.29 is 32.3 Å². The van der Waals surface area contributed by atoms with Gasteiger partial charge in [-0.05, 0) is 71.5 Å². The summed E-state index contributed by atoms with van der Waals surface area (Å²) in [6, 6.07) is 9.75. The normalized spacial score (nSPS) is 24.8. The highest BCUT2D eigenvalue weighted by Gasteiger charge is 2.71. The Bertz CT molecular complexity index is 1690. The number of benzene rings is 3. The van der Waals surface area contributed by atoms with Crippen LogP contribution >= 0.6 is 11.6 Å². The van der Waals surface area contributed by atoms with Crippen LogP contribution in [0.1, 0.15) is 54.6 Å². The van der Waals surface area contributed by atoms with Gasteiger partial charge in [0.15, 0.2) is 0 Å². The molecule has 6 rings (SSSR count). The monoisotopic (exact) mass is 611 g/mol. The summed E-state index contributed by atoms with van der Waals surface area (Å²) in [5, 5.41) is 3.28. The summed E-state index contributed by atoms with van der Waals surface area (Å²) in [7, 11) is 1.18. The predicted molar refractivity (Wildman–Crippen MR) is 154 cm³/mol. The number of nitrogens with zero attached hydrogens (tertiary/aromatic N) is 2. The summed E-state index contributed by atoms with van der Waals surface area (Å²) in [5.74, 6) is -5.26. The van der Waals surface area contributed by atoms with Crippen molar-refractivity contribution >= 4 is 40.8 Å². The number of rotatable bonds is 4. The van der Waals surface area contributed by atoms with Crippen LogP contribution < -0.4 is 10.2 Å². The van der Waals surface area contributed by atoms with Crippen molar-refractivity contribution in [3.63, 3.8) is 0 Å². The summed E-state index contributed by atoms with van der Waals surface area (Å²) in [6.45, 7) is 5.84. The molecule has 1 spiro atoms. The summed E-state index contributed by atoms with van der Waals surface area (Å²) < 4.78 is 50.6. The van der Waals surface area contributed by atoms with Crippen molar-refractivity contribution in [2.45, 2.75) is 50.6 Å². The molecule has 3 aromatic carbocycles. The first-order valence-electron chi connectivity index (χ1n) is 13.8. The second-order valence-electron chi connectivity index (χ2n) is 12.5. The Hall–Kier alpha value is -3.89. The molecule has 0 aliphatic carbocycles. The van der Waals surface area contributed by atoms with Crippen LogP contribution in [0, 0.1) is 22.9 Å². The molecule has 4 atom stereocenters. The number of hydrogen-bond donors (Lipinski definition) is 1. The van der Waals surface area contributed by atoms with E-state index < -0.39 is 58.7 Å². The van der Waals surface area contributed by atoms with Gasteiger partial charge in [0.05, 0.1) is 31.1 Å². The van der Waals surface area contributed by atoms with Gasteiger partial charge >= 0.3 is 5.97 Å². The molecule has 3 aliphatic rings. The Balaban J connectivity index is 1.58. The lowest BCUT2D eigenvalue weighted by molar-refractivity contribution is -0.122. The Morgan fingerprint density at radius 2 is 1.79 bits per heavy atom. The predicted octanol–water partition coefficient (Wildman–Crippen LogP) is 6.01. The number of fused-ring (bicyclic) bond motifs is 3. The molecule has 0 bridgehead atoms. The lowest BCUT2D eigenvalue weighted by Gasteiger charge is -2.40. The summed E-state index contributed by atoms with van der Waals surface area (Å²) in [5.41, 5.74) is -1.14. The van der Waals surface area contributed by atoms with Crippen molar-refractivity contribution in [2.24, 2.45) is 5.41 Å². The second-order valence-corrected chi connectivity index (χ2v) is 12.9. The van der Waals surface area contributed by atoms with E-state index in [1.54, 1.807) is 23.1 Å². The summed E-state index contributed by atoms with van der Waals surface area (Å²) in [4.78, 5) is 43.7. The number of anilines is 2. The molecule has 43 heavy (non-hydrogen) atoms. The molecule has 0 radical (unpaired) electrons. The quantitative estimate of drug-likeness (QED) is 0.366. The number of hydrogen-bond acceptors (Lipinski definition) is 5. The van der Waals surface area contributed by atoms with Gasteiger partial charge in [-0.15, -0.1) is 0 Å². The number of ether oxygens (including phenoxy) is 1. The maximum absolute atomic E-state index is 15.7. The zero-order valence-corrected chi connectivity index (χ0v) is 24.6. The number of esters is 1. The minimum atomic E-state index is -1.50. The van der Waals surface area contributed by atoms with Gasteiger partial charge in [0.25, 0.3) is 0 Å². The third-order valence-electron chi connectivity index (χ3n) is 8.72. The van der Waals surface area contributed by atoms with E-state index in [1.165, 1.54) is 24.1 Å². The average Bonchev–Trinajstić information content (AvgIpc) is 3.51. The summed E-state index contributed by atoms with van der Waals surface area (Å²) >= 11 is 6.27. The van der Waals surface area contributed by atoms with Crippen LogP contribution in [-0.4, -0.2) is 48.5 Å². The van der Waals surface area contributed by atoms with Gasteiger partial charge in [-0.25, -0.2) is 18.0 Å². The highest BCUT2D eigenvalue weighted by Crippen LogP contribution is 2.61. The molecule has 7 nitrogen and oxygen atoms in total. The number of carbonyl (C=O) groups is 3. The molecule has 2 amide bonds. The maximum Gasteiger partial charge on any atom is 0.337 e. The molecule has 2 fully saturated rings. The lowest BCUT2D eigenvalue weighted by Crippen LogP contribution is -2.52. The van der Waals surface area contributed by atoms with Crippen molar-refractivity contribution in [1.82, 2.24) is 4.90 Å². The van der Waals surface area contributed by atoms with Gasteiger partial charge in [-0.3, -0.25) is 19.4 Å². The largest absolute Gasteiger partial charge is 0.465 e. The molecule has 1 N–H and O–H groups in total. The molecule has 224 valence electrons. The van der Waals surface area contributed by atoms with Gasteiger partial charge in [0.2, 0.25) is 11.8 Å². The Kier molecular flexibility index (Phi) is 6.85. The van der Waals surface area contributed by atoms with Crippen LogP contribution in [0.2, 0.25) is 5.02 Å². The second kappa shape index (κ2) is 10.1. The Labute approximate surface area is 251 Å². The van der Waals surface area contributed by atoms with Gasteiger partial charge in [-0.2, -0.15) is 0 Å².